The van der Waals surface area contributed by atoms with Crippen molar-refractivity contribution < 1.29 is 17.9 Å². The monoisotopic (exact) mass is 260 g/mol. The highest BCUT2D eigenvalue weighted by Crippen LogP contribution is 2.14. The predicted molar refractivity (Wildman–Crippen MR) is 58.0 cm³/mol. The molecule has 2 aromatic rings. The average Bonchev–Trinajstić information content (AvgIpc) is 2.66. The minimum atomic E-state index is -4.31. The molecular formula is C10H11F3N4O. The van der Waals surface area contributed by atoms with Gasteiger partial charge in [0.05, 0.1) is 6.61 Å². The van der Waals surface area contributed by atoms with Gasteiger partial charge < -0.3 is 10.5 Å². The van der Waals surface area contributed by atoms with Gasteiger partial charge in [-0.05, 0) is 12.1 Å². The summed E-state index contributed by atoms with van der Waals surface area (Å²) in [6.45, 7) is -1.33. The summed E-state index contributed by atoms with van der Waals surface area (Å²) in [7, 11) is 0. The number of halogens is 3. The lowest BCUT2D eigenvalue weighted by molar-refractivity contribution is -0.173. The number of aromatic nitrogens is 3. The predicted octanol–water partition coefficient (Wildman–Crippen LogP) is 1.43. The summed E-state index contributed by atoms with van der Waals surface area (Å²) in [6, 6.07) is 3.36. The smallest absolute Gasteiger partial charge is 0.398 e. The molecule has 2 rings (SSSR count). The Bertz CT molecular complexity index is 537. The van der Waals surface area contributed by atoms with E-state index < -0.39 is 12.8 Å². The molecule has 0 unspecified atom stereocenters. The van der Waals surface area contributed by atoms with Crippen molar-refractivity contribution in [2.24, 2.45) is 0 Å². The molecule has 0 fully saturated rings. The normalized spacial score (nSPS) is 12.2. The SMILES string of the molecule is Nc1ccc2nnc(CCOCC(F)(F)F)n2c1. The maximum absolute atomic E-state index is 11.9. The van der Waals surface area contributed by atoms with Gasteiger partial charge in [0, 0.05) is 18.3 Å². The first-order chi connectivity index (χ1) is 8.46. The lowest BCUT2D eigenvalue weighted by Gasteiger charge is -2.06. The number of nitrogens with two attached hydrogens (primary N) is 1. The van der Waals surface area contributed by atoms with E-state index in [4.69, 9.17) is 5.73 Å². The maximum Gasteiger partial charge on any atom is 0.411 e. The molecule has 0 saturated heterocycles. The molecule has 18 heavy (non-hydrogen) atoms. The molecule has 8 heteroatoms. The van der Waals surface area contributed by atoms with Crippen LogP contribution in [0.2, 0.25) is 0 Å². The minimum absolute atomic E-state index is 0.0743. The number of pyridine rings is 1. The number of ether oxygens (including phenoxy) is 1. The quantitative estimate of drug-likeness (QED) is 0.845. The van der Waals surface area contributed by atoms with Crippen molar-refractivity contribution in [3.8, 4) is 0 Å². The highest BCUT2D eigenvalue weighted by Gasteiger charge is 2.27. The summed E-state index contributed by atoms with van der Waals surface area (Å²) in [4.78, 5) is 0. The van der Waals surface area contributed by atoms with E-state index in [1.54, 1.807) is 22.7 Å². The van der Waals surface area contributed by atoms with Crippen LogP contribution < -0.4 is 5.73 Å². The van der Waals surface area contributed by atoms with Gasteiger partial charge in [-0.25, -0.2) is 0 Å². The molecular weight excluding hydrogens is 249 g/mol. The Morgan fingerprint density at radius 2 is 2.06 bits per heavy atom. The number of nitrogens with zero attached hydrogens (tertiary/aromatic N) is 3. The second-order valence-corrected chi connectivity index (χ2v) is 3.72. The fourth-order valence-electron chi connectivity index (χ4n) is 1.48. The van der Waals surface area contributed by atoms with Gasteiger partial charge in [0.25, 0.3) is 0 Å². The Morgan fingerprint density at radius 1 is 1.28 bits per heavy atom. The van der Waals surface area contributed by atoms with Crippen LogP contribution in [0.3, 0.4) is 0 Å². The Kier molecular flexibility index (Phi) is 3.37. The van der Waals surface area contributed by atoms with Crippen molar-refractivity contribution in [3.05, 3.63) is 24.2 Å². The highest BCUT2D eigenvalue weighted by molar-refractivity contribution is 5.47. The summed E-state index contributed by atoms with van der Waals surface area (Å²) in [6.07, 6.45) is -2.45. The summed E-state index contributed by atoms with van der Waals surface area (Å²) in [5, 5.41) is 7.73. The van der Waals surface area contributed by atoms with E-state index in [9.17, 15) is 13.2 Å². The lowest BCUT2D eigenvalue weighted by Crippen LogP contribution is -2.18. The van der Waals surface area contributed by atoms with E-state index in [0.29, 0.717) is 17.2 Å². The van der Waals surface area contributed by atoms with Crippen LogP contribution in [0.4, 0.5) is 18.9 Å². The average molecular weight is 260 g/mol. The zero-order valence-electron chi connectivity index (χ0n) is 9.31. The van der Waals surface area contributed by atoms with Crippen LogP contribution in [0.1, 0.15) is 5.82 Å². The molecule has 0 bridgehead atoms. The van der Waals surface area contributed by atoms with Gasteiger partial charge in [-0.15, -0.1) is 10.2 Å². The number of fused-ring (bicyclic) bond motifs is 1. The lowest BCUT2D eigenvalue weighted by atomic mass is 10.4. The first kappa shape index (κ1) is 12.6. The molecule has 98 valence electrons. The largest absolute Gasteiger partial charge is 0.411 e. The molecule has 0 aliphatic carbocycles. The van der Waals surface area contributed by atoms with Crippen LogP contribution in [0, 0.1) is 0 Å². The van der Waals surface area contributed by atoms with E-state index >= 15 is 0 Å². The van der Waals surface area contributed by atoms with Crippen LogP contribution >= 0.6 is 0 Å². The molecule has 0 atom stereocenters. The zero-order valence-corrected chi connectivity index (χ0v) is 9.31. The Labute approximate surface area is 100 Å². The van der Waals surface area contributed by atoms with Crippen LogP contribution in [-0.4, -0.2) is 34.0 Å². The third kappa shape index (κ3) is 3.10. The second kappa shape index (κ2) is 4.81. The van der Waals surface area contributed by atoms with Gasteiger partial charge in [0.1, 0.15) is 12.4 Å². The van der Waals surface area contributed by atoms with E-state index in [0.717, 1.165) is 0 Å². The van der Waals surface area contributed by atoms with Crippen molar-refractivity contribution in [1.82, 2.24) is 14.6 Å². The third-order valence-corrected chi connectivity index (χ3v) is 2.23. The molecule has 2 aromatic heterocycles. The van der Waals surface area contributed by atoms with Crippen molar-refractivity contribution in [2.75, 3.05) is 18.9 Å². The number of hydrogen-bond donors (Lipinski definition) is 1. The van der Waals surface area contributed by atoms with Crippen LogP contribution in [-0.2, 0) is 11.2 Å². The summed E-state index contributed by atoms with van der Waals surface area (Å²) >= 11 is 0. The van der Waals surface area contributed by atoms with Gasteiger partial charge in [0.2, 0.25) is 0 Å². The van der Waals surface area contributed by atoms with E-state index in [2.05, 4.69) is 14.9 Å². The van der Waals surface area contributed by atoms with Crippen molar-refractivity contribution in [3.63, 3.8) is 0 Å². The number of anilines is 1. The summed E-state index contributed by atoms with van der Waals surface area (Å²) in [5.41, 5.74) is 6.73. The Balaban J connectivity index is 1.98. The number of hydrogen-bond acceptors (Lipinski definition) is 4. The molecule has 0 amide bonds. The van der Waals surface area contributed by atoms with E-state index in [1.807, 2.05) is 0 Å². The van der Waals surface area contributed by atoms with Crippen LogP contribution in [0.5, 0.6) is 0 Å². The molecule has 0 aliphatic rings. The minimum Gasteiger partial charge on any atom is -0.398 e. The van der Waals surface area contributed by atoms with Gasteiger partial charge in [-0.3, -0.25) is 4.40 Å². The molecule has 2 N–H and O–H groups in total. The molecule has 0 saturated carbocycles. The van der Waals surface area contributed by atoms with Crippen molar-refractivity contribution in [1.29, 1.82) is 0 Å². The molecule has 0 spiro atoms. The second-order valence-electron chi connectivity index (χ2n) is 3.72. The summed E-state index contributed by atoms with van der Waals surface area (Å²) in [5.74, 6) is 0.513. The first-order valence-electron chi connectivity index (χ1n) is 5.19. The van der Waals surface area contributed by atoms with E-state index in [-0.39, 0.29) is 13.0 Å². The van der Waals surface area contributed by atoms with Gasteiger partial charge >= 0.3 is 6.18 Å². The third-order valence-electron chi connectivity index (χ3n) is 2.23. The fourth-order valence-corrected chi connectivity index (χ4v) is 1.48. The standard InChI is InChI=1S/C10H11F3N4O/c11-10(12,13)6-18-4-3-9-16-15-8-2-1-7(14)5-17(8)9/h1-2,5H,3-4,6,14H2. The number of rotatable bonds is 4. The van der Waals surface area contributed by atoms with Crippen molar-refractivity contribution in [2.45, 2.75) is 12.6 Å². The fraction of sp³-hybridized carbons (Fsp3) is 0.400. The maximum atomic E-state index is 11.9. The topological polar surface area (TPSA) is 65.4 Å². The first-order valence-corrected chi connectivity index (χ1v) is 5.19. The van der Waals surface area contributed by atoms with Crippen molar-refractivity contribution >= 4 is 11.3 Å². The Morgan fingerprint density at radius 3 is 2.78 bits per heavy atom. The molecule has 0 radical (unpaired) electrons. The van der Waals surface area contributed by atoms with Gasteiger partial charge in [-0.1, -0.05) is 0 Å². The Hall–Kier alpha value is -1.83. The van der Waals surface area contributed by atoms with Crippen LogP contribution in [0.25, 0.3) is 5.65 Å². The number of nitrogen functional groups attached to an aromatic ring is 1. The highest BCUT2D eigenvalue weighted by atomic mass is 19.4. The van der Waals surface area contributed by atoms with E-state index in [1.165, 1.54) is 0 Å². The van der Waals surface area contributed by atoms with Crippen LogP contribution in [0.15, 0.2) is 18.3 Å². The molecule has 5 nitrogen and oxygen atoms in total. The molecule has 0 aromatic carbocycles. The zero-order chi connectivity index (χ0) is 13.2. The van der Waals surface area contributed by atoms with Gasteiger partial charge in [-0.2, -0.15) is 13.2 Å². The summed E-state index contributed by atoms with van der Waals surface area (Å²) < 4.78 is 41.7. The molecule has 0 aliphatic heterocycles. The van der Waals surface area contributed by atoms with Gasteiger partial charge in [0.15, 0.2) is 5.65 Å². The molecule has 2 heterocycles. The number of alkyl halides is 3.